The summed E-state index contributed by atoms with van der Waals surface area (Å²) in [5.41, 5.74) is 1.81. The van der Waals surface area contributed by atoms with Crippen molar-refractivity contribution in [3.63, 3.8) is 0 Å². The number of amides is 2. The highest BCUT2D eigenvalue weighted by Gasteiger charge is 2.30. The molecule has 4 nitrogen and oxygen atoms in total. The van der Waals surface area contributed by atoms with E-state index < -0.39 is 17.7 Å². The zero-order chi connectivity index (χ0) is 22.2. The minimum atomic E-state index is -0.833. The van der Waals surface area contributed by atoms with E-state index in [0.717, 1.165) is 5.56 Å². The number of nitrogens with one attached hydrogen (secondary N) is 1. The molecule has 6 heteroatoms. The average Bonchev–Trinajstić information content (AvgIpc) is 2.79. The third-order valence-electron chi connectivity index (χ3n) is 5.08. The van der Waals surface area contributed by atoms with E-state index in [2.05, 4.69) is 5.32 Å². The van der Waals surface area contributed by atoms with E-state index in [9.17, 15) is 18.4 Å². The van der Waals surface area contributed by atoms with Gasteiger partial charge in [0.05, 0.1) is 6.42 Å². The van der Waals surface area contributed by atoms with Crippen LogP contribution in [-0.4, -0.2) is 29.8 Å². The number of rotatable bonds is 8. The molecule has 0 saturated heterocycles. The number of likely N-dealkylation sites (N-methyl/N-ethyl adjacent to an activating group) is 1. The molecule has 0 heterocycles. The van der Waals surface area contributed by atoms with E-state index in [4.69, 9.17) is 0 Å². The van der Waals surface area contributed by atoms with E-state index in [0.29, 0.717) is 11.1 Å². The zero-order valence-corrected chi connectivity index (χ0v) is 17.2. The second kappa shape index (κ2) is 10.5. The molecule has 31 heavy (non-hydrogen) atoms. The van der Waals surface area contributed by atoms with Gasteiger partial charge in [-0.05, 0) is 29.3 Å². The predicted octanol–water partition coefficient (Wildman–Crippen LogP) is 3.89. The fourth-order valence-electron chi connectivity index (χ4n) is 3.41. The number of benzene rings is 3. The molecule has 3 rings (SSSR count). The lowest BCUT2D eigenvalue weighted by Crippen LogP contribution is -2.50. The van der Waals surface area contributed by atoms with Crippen molar-refractivity contribution in [2.24, 2.45) is 0 Å². The number of hydrogen-bond donors (Lipinski definition) is 1. The number of halogens is 2. The highest BCUT2D eigenvalue weighted by molar-refractivity contribution is 5.88. The second-order valence-electron chi connectivity index (χ2n) is 7.24. The van der Waals surface area contributed by atoms with Crippen LogP contribution in [0.4, 0.5) is 8.78 Å². The highest BCUT2D eigenvalue weighted by atomic mass is 19.1. The first kappa shape index (κ1) is 22.2. The van der Waals surface area contributed by atoms with Gasteiger partial charge in [-0.1, -0.05) is 60.7 Å². The van der Waals surface area contributed by atoms with Gasteiger partial charge >= 0.3 is 0 Å². The molecular formula is C25H24F2N2O2. The van der Waals surface area contributed by atoms with E-state index in [1.165, 1.54) is 42.3 Å². The van der Waals surface area contributed by atoms with Gasteiger partial charge in [0, 0.05) is 25.6 Å². The molecule has 160 valence electrons. The summed E-state index contributed by atoms with van der Waals surface area (Å²) in [7, 11) is 1.51. The van der Waals surface area contributed by atoms with E-state index in [1.54, 1.807) is 18.2 Å². The molecule has 0 aliphatic heterocycles. The van der Waals surface area contributed by atoms with Crippen LogP contribution in [0, 0.1) is 11.6 Å². The third-order valence-corrected chi connectivity index (χ3v) is 5.08. The summed E-state index contributed by atoms with van der Waals surface area (Å²) in [6.07, 6.45) is 0.251. The van der Waals surface area contributed by atoms with Crippen molar-refractivity contribution in [3.05, 3.63) is 107 Å². The Morgan fingerprint density at radius 3 is 2.16 bits per heavy atom. The third kappa shape index (κ3) is 5.98. The summed E-state index contributed by atoms with van der Waals surface area (Å²) in [6, 6.07) is 20.3. The average molecular weight is 422 g/mol. The van der Waals surface area contributed by atoms with Crippen LogP contribution in [0.1, 0.15) is 16.7 Å². The molecule has 0 fully saturated rings. The predicted molar refractivity (Wildman–Crippen MR) is 115 cm³/mol. The molecule has 1 unspecified atom stereocenters. The Morgan fingerprint density at radius 1 is 0.871 bits per heavy atom. The number of carbonyl (C=O) groups is 2. The maximum atomic E-state index is 14.4. The fourth-order valence-corrected chi connectivity index (χ4v) is 3.41. The molecular weight excluding hydrogens is 398 g/mol. The summed E-state index contributed by atoms with van der Waals surface area (Å²) in [6.45, 7) is -0.0579. The number of carbonyl (C=O) groups excluding carboxylic acids is 2. The molecule has 3 aromatic carbocycles. The fraction of sp³-hybridized carbons (Fsp3) is 0.200. The van der Waals surface area contributed by atoms with Gasteiger partial charge in [-0.15, -0.1) is 0 Å². The maximum absolute atomic E-state index is 14.4. The Labute approximate surface area is 180 Å². The van der Waals surface area contributed by atoms with Crippen molar-refractivity contribution in [2.45, 2.75) is 25.4 Å². The van der Waals surface area contributed by atoms with Crippen LogP contribution < -0.4 is 5.32 Å². The smallest absolute Gasteiger partial charge is 0.242 e. The Balaban J connectivity index is 1.94. The van der Waals surface area contributed by atoms with Crippen molar-refractivity contribution in [2.75, 3.05) is 7.05 Å². The van der Waals surface area contributed by atoms with Crippen LogP contribution in [0.2, 0.25) is 0 Å². The van der Waals surface area contributed by atoms with Gasteiger partial charge in [0.15, 0.2) is 0 Å². The van der Waals surface area contributed by atoms with Crippen LogP contribution in [0.25, 0.3) is 0 Å². The van der Waals surface area contributed by atoms with E-state index >= 15 is 0 Å². The quantitative estimate of drug-likeness (QED) is 0.599. The Kier molecular flexibility index (Phi) is 7.49. The normalized spacial score (nSPS) is 11.6. The minimum absolute atomic E-state index is 0.0307. The van der Waals surface area contributed by atoms with Crippen LogP contribution in [0.3, 0.4) is 0 Å². The second-order valence-corrected chi connectivity index (χ2v) is 7.24. The van der Waals surface area contributed by atoms with E-state index in [-0.39, 0.29) is 31.2 Å². The van der Waals surface area contributed by atoms with Crippen molar-refractivity contribution < 1.29 is 18.4 Å². The molecule has 0 bridgehead atoms. The van der Waals surface area contributed by atoms with Crippen molar-refractivity contribution >= 4 is 11.8 Å². The van der Waals surface area contributed by atoms with Gasteiger partial charge in [0.2, 0.25) is 11.8 Å². The van der Waals surface area contributed by atoms with Crippen LogP contribution >= 0.6 is 0 Å². The summed E-state index contributed by atoms with van der Waals surface area (Å²) in [5, 5.41) is 2.62. The summed E-state index contributed by atoms with van der Waals surface area (Å²) in [4.78, 5) is 27.5. The minimum Gasteiger partial charge on any atom is -0.357 e. The first-order chi connectivity index (χ1) is 15.0. The van der Waals surface area contributed by atoms with E-state index in [1.807, 2.05) is 30.3 Å². The van der Waals surface area contributed by atoms with Crippen molar-refractivity contribution in [1.29, 1.82) is 0 Å². The lowest BCUT2D eigenvalue weighted by Gasteiger charge is -2.31. The van der Waals surface area contributed by atoms with Gasteiger partial charge in [0.1, 0.15) is 17.7 Å². The largest absolute Gasteiger partial charge is 0.357 e. The highest BCUT2D eigenvalue weighted by Crippen LogP contribution is 2.18. The molecule has 3 aromatic rings. The topological polar surface area (TPSA) is 49.4 Å². The Bertz CT molecular complexity index is 1020. The molecule has 0 spiro atoms. The van der Waals surface area contributed by atoms with Gasteiger partial charge in [-0.2, -0.15) is 0 Å². The standard InChI is InChI=1S/C25H24F2N2O2/c1-28-25(31)23(15-18-7-3-2-4-8-18)29(17-20-9-5-6-10-22(20)27)24(30)16-19-11-13-21(26)14-12-19/h2-14,23H,15-17H2,1H3,(H,28,31). The number of nitrogens with zero attached hydrogens (tertiary/aromatic N) is 1. The lowest BCUT2D eigenvalue weighted by molar-refractivity contribution is -0.140. The lowest BCUT2D eigenvalue weighted by atomic mass is 10.0. The van der Waals surface area contributed by atoms with Gasteiger partial charge in [-0.25, -0.2) is 8.78 Å². The van der Waals surface area contributed by atoms with Gasteiger partial charge < -0.3 is 10.2 Å². The number of hydrogen-bond acceptors (Lipinski definition) is 2. The molecule has 0 aliphatic rings. The molecule has 2 amide bonds. The van der Waals surface area contributed by atoms with Crippen LogP contribution in [-0.2, 0) is 29.0 Å². The molecule has 1 N–H and O–H groups in total. The molecule has 0 aliphatic carbocycles. The molecule has 1 atom stereocenters. The Hall–Kier alpha value is -3.54. The summed E-state index contributed by atoms with van der Waals surface area (Å²) >= 11 is 0. The summed E-state index contributed by atoms with van der Waals surface area (Å²) < 4.78 is 27.6. The SMILES string of the molecule is CNC(=O)C(Cc1ccccc1)N(Cc1ccccc1F)C(=O)Cc1ccc(F)cc1. The van der Waals surface area contributed by atoms with Crippen molar-refractivity contribution in [1.82, 2.24) is 10.2 Å². The molecule has 0 aromatic heterocycles. The first-order valence-corrected chi connectivity index (χ1v) is 10.0. The Morgan fingerprint density at radius 2 is 1.52 bits per heavy atom. The monoisotopic (exact) mass is 422 g/mol. The van der Waals surface area contributed by atoms with Crippen LogP contribution in [0.5, 0.6) is 0 Å². The van der Waals surface area contributed by atoms with Gasteiger partial charge in [-0.3, -0.25) is 9.59 Å². The van der Waals surface area contributed by atoms with Crippen LogP contribution in [0.15, 0.2) is 78.9 Å². The first-order valence-electron chi connectivity index (χ1n) is 10.0. The van der Waals surface area contributed by atoms with Gasteiger partial charge in [0.25, 0.3) is 0 Å². The van der Waals surface area contributed by atoms with Crippen molar-refractivity contribution in [3.8, 4) is 0 Å². The zero-order valence-electron chi connectivity index (χ0n) is 17.2. The molecule has 0 saturated carbocycles. The molecule has 0 radical (unpaired) electrons. The maximum Gasteiger partial charge on any atom is 0.242 e. The summed E-state index contributed by atoms with van der Waals surface area (Å²) in [5.74, 6) is -1.53.